The number of aryl methyl sites for hydroxylation is 1. The number of ketones is 2. The van der Waals surface area contributed by atoms with Crippen LogP contribution in [0, 0.1) is 6.92 Å². The third-order valence-electron chi connectivity index (χ3n) is 2.01. The van der Waals surface area contributed by atoms with Gasteiger partial charge in [0.1, 0.15) is 0 Å². The van der Waals surface area contributed by atoms with E-state index in [2.05, 4.69) is 10.5 Å². The molecular weight excluding hydrogens is 220 g/mol. The first kappa shape index (κ1) is 12.9. The number of nitrogens with one attached hydrogen (secondary N) is 1. The van der Waals surface area contributed by atoms with Crippen molar-refractivity contribution in [2.45, 2.75) is 13.8 Å². The van der Waals surface area contributed by atoms with Gasteiger partial charge in [0.25, 0.3) is 11.7 Å². The quantitative estimate of drug-likeness (QED) is 0.371. The number of hydrazone groups is 1. The maximum absolute atomic E-state index is 11.3. The second kappa shape index (κ2) is 5.79. The lowest BCUT2D eigenvalue weighted by Crippen LogP contribution is -2.24. The van der Waals surface area contributed by atoms with Crippen LogP contribution in [0.1, 0.15) is 12.5 Å². The summed E-state index contributed by atoms with van der Waals surface area (Å²) in [7, 11) is 1.29. The molecule has 0 bridgehead atoms. The van der Waals surface area contributed by atoms with Crippen molar-refractivity contribution in [3.63, 3.8) is 0 Å². The predicted octanol–water partition coefficient (Wildman–Crippen LogP) is 1.52. The molecule has 5 heteroatoms. The number of benzene rings is 1. The maximum Gasteiger partial charge on any atom is 0.284 e. The van der Waals surface area contributed by atoms with Crippen LogP contribution < -0.4 is 5.43 Å². The first-order valence-electron chi connectivity index (χ1n) is 5.04. The summed E-state index contributed by atoms with van der Waals surface area (Å²) in [6.07, 6.45) is 0. The van der Waals surface area contributed by atoms with Crippen LogP contribution in [0.3, 0.4) is 0 Å². The third-order valence-corrected chi connectivity index (χ3v) is 2.01. The van der Waals surface area contributed by atoms with Gasteiger partial charge in [-0.15, -0.1) is 5.10 Å². The molecule has 0 saturated heterocycles. The molecule has 0 aliphatic heterocycles. The molecule has 17 heavy (non-hydrogen) atoms. The molecule has 1 aromatic rings. The van der Waals surface area contributed by atoms with Gasteiger partial charge in [-0.2, -0.15) is 0 Å². The molecule has 0 aromatic heterocycles. The van der Waals surface area contributed by atoms with Crippen LogP contribution >= 0.6 is 0 Å². The van der Waals surface area contributed by atoms with Gasteiger partial charge < -0.3 is 4.74 Å². The molecule has 0 aliphatic rings. The molecule has 0 atom stereocenters. The largest absolute Gasteiger partial charge is 0.477 e. The lowest BCUT2D eigenvalue weighted by atomic mass is 10.2. The Morgan fingerprint density at radius 2 is 2.06 bits per heavy atom. The molecule has 0 heterocycles. The van der Waals surface area contributed by atoms with Gasteiger partial charge in [0, 0.05) is 6.92 Å². The summed E-state index contributed by atoms with van der Waals surface area (Å²) in [5, 5.41) is 3.75. The molecule has 1 aromatic carbocycles. The van der Waals surface area contributed by atoms with E-state index in [0.717, 1.165) is 11.3 Å². The van der Waals surface area contributed by atoms with Crippen LogP contribution in [0.15, 0.2) is 29.4 Å². The smallest absolute Gasteiger partial charge is 0.284 e. The van der Waals surface area contributed by atoms with E-state index in [1.54, 1.807) is 6.07 Å². The molecule has 1 rings (SSSR count). The molecule has 0 unspecified atom stereocenters. The number of hydrogen-bond donors (Lipinski definition) is 1. The first-order valence-corrected chi connectivity index (χ1v) is 5.04. The number of rotatable bonds is 4. The van der Waals surface area contributed by atoms with E-state index < -0.39 is 11.6 Å². The van der Waals surface area contributed by atoms with Gasteiger partial charge in [0.2, 0.25) is 5.78 Å². The minimum absolute atomic E-state index is 0.251. The summed E-state index contributed by atoms with van der Waals surface area (Å²) in [6.45, 7) is 3.11. The fourth-order valence-corrected chi connectivity index (χ4v) is 1.17. The maximum atomic E-state index is 11.3. The van der Waals surface area contributed by atoms with Crippen LogP contribution in [0.5, 0.6) is 0 Å². The molecule has 0 aliphatic carbocycles. The number of anilines is 1. The van der Waals surface area contributed by atoms with Crippen molar-refractivity contribution in [3.05, 3.63) is 29.8 Å². The van der Waals surface area contributed by atoms with Crippen LogP contribution in [-0.4, -0.2) is 24.6 Å². The third kappa shape index (κ3) is 3.71. The standard InChI is InChI=1S/C12H14N2O3/c1-8-5-4-6-10(7-8)13-14-12(17-3)11(16)9(2)15/h4-7,13H,1-3H3. The highest BCUT2D eigenvalue weighted by Gasteiger charge is 2.17. The van der Waals surface area contributed by atoms with Gasteiger partial charge in [0.05, 0.1) is 12.8 Å². The highest BCUT2D eigenvalue weighted by atomic mass is 16.5. The van der Waals surface area contributed by atoms with Crippen molar-refractivity contribution >= 4 is 23.2 Å². The highest BCUT2D eigenvalue weighted by molar-refractivity contribution is 6.63. The Hall–Kier alpha value is -2.17. The number of methoxy groups -OCH3 is 1. The second-order valence-electron chi connectivity index (χ2n) is 3.49. The number of carbonyl (C=O) groups excluding carboxylic acids is 2. The number of ether oxygens (including phenoxy) is 1. The Balaban J connectivity index is 2.81. The predicted molar refractivity (Wildman–Crippen MR) is 64.9 cm³/mol. The van der Waals surface area contributed by atoms with E-state index in [4.69, 9.17) is 4.74 Å². The Morgan fingerprint density at radius 3 is 2.59 bits per heavy atom. The minimum Gasteiger partial charge on any atom is -0.477 e. The zero-order valence-corrected chi connectivity index (χ0v) is 9.98. The molecule has 90 valence electrons. The molecule has 0 spiro atoms. The minimum atomic E-state index is -0.757. The van der Waals surface area contributed by atoms with Gasteiger partial charge in [-0.25, -0.2) is 0 Å². The summed E-state index contributed by atoms with van der Waals surface area (Å²) in [6, 6.07) is 7.44. The fourth-order valence-electron chi connectivity index (χ4n) is 1.17. The Morgan fingerprint density at radius 1 is 1.35 bits per heavy atom. The topological polar surface area (TPSA) is 67.8 Å². The normalized spacial score (nSPS) is 10.9. The zero-order chi connectivity index (χ0) is 12.8. The average molecular weight is 234 g/mol. The SMILES string of the molecule is COC(=NNc1cccc(C)c1)C(=O)C(C)=O. The Kier molecular flexibility index (Phi) is 4.39. The average Bonchev–Trinajstić information content (AvgIpc) is 2.29. The molecule has 0 fully saturated rings. The van der Waals surface area contributed by atoms with Crippen molar-refractivity contribution in [1.82, 2.24) is 0 Å². The van der Waals surface area contributed by atoms with Crippen molar-refractivity contribution in [1.29, 1.82) is 0 Å². The number of nitrogens with zero attached hydrogens (tertiary/aromatic N) is 1. The van der Waals surface area contributed by atoms with E-state index in [1.165, 1.54) is 14.0 Å². The monoisotopic (exact) mass is 234 g/mol. The van der Waals surface area contributed by atoms with Crippen molar-refractivity contribution in [2.24, 2.45) is 5.10 Å². The summed E-state index contributed by atoms with van der Waals surface area (Å²) >= 11 is 0. The molecule has 0 amide bonds. The van der Waals surface area contributed by atoms with Gasteiger partial charge in [-0.1, -0.05) is 12.1 Å². The summed E-state index contributed by atoms with van der Waals surface area (Å²) in [5.41, 5.74) is 4.44. The van der Waals surface area contributed by atoms with E-state index in [9.17, 15) is 9.59 Å². The summed E-state index contributed by atoms with van der Waals surface area (Å²) in [5.74, 6) is -1.62. The van der Waals surface area contributed by atoms with E-state index >= 15 is 0 Å². The first-order chi connectivity index (χ1) is 8.04. The highest BCUT2D eigenvalue weighted by Crippen LogP contribution is 2.09. The molecular formula is C12H14N2O3. The van der Waals surface area contributed by atoms with Gasteiger partial charge in [-0.05, 0) is 24.6 Å². The number of Topliss-reactive ketones (excluding diaryl/α,β-unsaturated/α-hetero) is 2. The molecule has 0 radical (unpaired) electrons. The van der Waals surface area contributed by atoms with Crippen molar-refractivity contribution in [3.8, 4) is 0 Å². The fraction of sp³-hybridized carbons (Fsp3) is 0.250. The van der Waals surface area contributed by atoms with Crippen molar-refractivity contribution < 1.29 is 14.3 Å². The van der Waals surface area contributed by atoms with E-state index in [0.29, 0.717) is 0 Å². The molecule has 0 saturated carbocycles. The Labute approximate surface area is 99.5 Å². The lowest BCUT2D eigenvalue weighted by Gasteiger charge is -2.04. The van der Waals surface area contributed by atoms with Gasteiger partial charge >= 0.3 is 0 Å². The van der Waals surface area contributed by atoms with Crippen molar-refractivity contribution in [2.75, 3.05) is 12.5 Å². The summed E-state index contributed by atoms with van der Waals surface area (Å²) < 4.78 is 4.74. The second-order valence-corrected chi connectivity index (χ2v) is 3.49. The van der Waals surface area contributed by atoms with Crippen LogP contribution in [-0.2, 0) is 14.3 Å². The zero-order valence-electron chi connectivity index (χ0n) is 9.98. The lowest BCUT2D eigenvalue weighted by molar-refractivity contribution is -0.132. The molecule has 5 nitrogen and oxygen atoms in total. The Bertz CT molecular complexity index is 467. The van der Waals surface area contributed by atoms with Crippen LogP contribution in [0.4, 0.5) is 5.69 Å². The number of carbonyl (C=O) groups is 2. The van der Waals surface area contributed by atoms with Gasteiger partial charge in [-0.3, -0.25) is 15.0 Å². The van der Waals surface area contributed by atoms with E-state index in [1.807, 2.05) is 25.1 Å². The van der Waals surface area contributed by atoms with Crippen LogP contribution in [0.2, 0.25) is 0 Å². The van der Waals surface area contributed by atoms with E-state index in [-0.39, 0.29) is 5.90 Å². The van der Waals surface area contributed by atoms with Gasteiger partial charge in [0.15, 0.2) is 0 Å². The molecule has 1 N–H and O–H groups in total. The summed E-state index contributed by atoms with van der Waals surface area (Å²) in [4.78, 5) is 22.2. The van der Waals surface area contributed by atoms with Crippen LogP contribution in [0.25, 0.3) is 0 Å². The number of hydrogen-bond acceptors (Lipinski definition) is 5.